The quantitative estimate of drug-likeness (QED) is 0.864. The van der Waals surface area contributed by atoms with Crippen LogP contribution in [0.15, 0.2) is 48.5 Å². The Morgan fingerprint density at radius 1 is 0.900 bits per heavy atom. The van der Waals surface area contributed by atoms with Crippen LogP contribution < -0.4 is 10.5 Å². The Bertz CT molecular complexity index is 528. The molecule has 0 saturated carbocycles. The van der Waals surface area contributed by atoms with Gasteiger partial charge in [-0.3, -0.25) is 0 Å². The van der Waals surface area contributed by atoms with Gasteiger partial charge in [-0.1, -0.05) is 43.3 Å². The first-order valence-electron chi connectivity index (χ1n) is 7.22. The van der Waals surface area contributed by atoms with Crippen LogP contribution in [-0.4, -0.2) is 6.10 Å². The lowest BCUT2D eigenvalue weighted by molar-refractivity contribution is 0.242. The van der Waals surface area contributed by atoms with E-state index in [-0.39, 0.29) is 12.1 Å². The van der Waals surface area contributed by atoms with Crippen molar-refractivity contribution < 1.29 is 4.74 Å². The molecule has 0 radical (unpaired) electrons. The number of hydrogen-bond donors (Lipinski definition) is 1. The average molecular weight is 269 g/mol. The van der Waals surface area contributed by atoms with Crippen molar-refractivity contribution in [2.45, 2.75) is 39.3 Å². The monoisotopic (exact) mass is 269 g/mol. The first-order valence-corrected chi connectivity index (χ1v) is 7.22. The number of hydrogen-bond acceptors (Lipinski definition) is 2. The van der Waals surface area contributed by atoms with E-state index in [0.717, 1.165) is 12.2 Å². The summed E-state index contributed by atoms with van der Waals surface area (Å²) in [5.74, 6) is 0.911. The van der Waals surface area contributed by atoms with Crippen molar-refractivity contribution in [2.24, 2.45) is 5.73 Å². The van der Waals surface area contributed by atoms with Gasteiger partial charge in [-0.05, 0) is 49.1 Å². The van der Waals surface area contributed by atoms with Crippen molar-refractivity contribution in [1.82, 2.24) is 0 Å². The van der Waals surface area contributed by atoms with E-state index in [9.17, 15) is 0 Å². The summed E-state index contributed by atoms with van der Waals surface area (Å²) in [6, 6.07) is 16.8. The maximum absolute atomic E-state index is 6.03. The Morgan fingerprint density at radius 2 is 1.40 bits per heavy atom. The molecular weight excluding hydrogens is 246 g/mol. The molecular formula is C18H23NO. The van der Waals surface area contributed by atoms with Crippen LogP contribution in [-0.2, 0) is 0 Å². The molecule has 20 heavy (non-hydrogen) atoms. The third kappa shape index (κ3) is 3.61. The summed E-state index contributed by atoms with van der Waals surface area (Å²) >= 11 is 0. The first kappa shape index (κ1) is 14.6. The predicted octanol–water partition coefficient (Wildman–Crippen LogP) is 4.55. The second-order valence-electron chi connectivity index (χ2n) is 5.33. The van der Waals surface area contributed by atoms with Gasteiger partial charge in [0.15, 0.2) is 0 Å². The van der Waals surface area contributed by atoms with Crippen molar-refractivity contribution in [3.8, 4) is 16.9 Å². The average Bonchev–Trinajstić information content (AvgIpc) is 2.47. The van der Waals surface area contributed by atoms with Crippen molar-refractivity contribution in [2.75, 3.05) is 0 Å². The molecule has 2 heteroatoms. The molecule has 0 aliphatic rings. The lowest BCUT2D eigenvalue weighted by Crippen LogP contribution is -2.08. The van der Waals surface area contributed by atoms with Crippen LogP contribution in [0.2, 0.25) is 0 Å². The van der Waals surface area contributed by atoms with Gasteiger partial charge >= 0.3 is 0 Å². The van der Waals surface area contributed by atoms with Gasteiger partial charge in [-0.15, -0.1) is 0 Å². The highest BCUT2D eigenvalue weighted by atomic mass is 16.5. The first-order chi connectivity index (χ1) is 9.60. The van der Waals surface area contributed by atoms with Crippen LogP contribution in [0.5, 0.6) is 5.75 Å². The summed E-state index contributed by atoms with van der Waals surface area (Å²) in [6.45, 7) is 6.17. The molecule has 2 aromatic carbocycles. The Hall–Kier alpha value is -1.80. The fourth-order valence-electron chi connectivity index (χ4n) is 2.16. The second-order valence-corrected chi connectivity index (χ2v) is 5.33. The number of nitrogens with two attached hydrogens (primary N) is 1. The standard InChI is InChI=1S/C18H23NO/c1-4-18(19)16-7-5-14(6-8-16)15-9-11-17(12-10-15)20-13(2)3/h5-13,18H,4,19H2,1-3H3. The Balaban J connectivity index is 2.15. The molecule has 0 saturated heterocycles. The van der Waals surface area contributed by atoms with E-state index in [4.69, 9.17) is 10.5 Å². The maximum atomic E-state index is 6.03. The van der Waals surface area contributed by atoms with Crippen molar-refractivity contribution in [3.05, 3.63) is 54.1 Å². The van der Waals surface area contributed by atoms with E-state index in [1.165, 1.54) is 16.7 Å². The highest BCUT2D eigenvalue weighted by molar-refractivity contribution is 5.64. The molecule has 0 bridgehead atoms. The largest absolute Gasteiger partial charge is 0.491 e. The molecule has 0 heterocycles. The Morgan fingerprint density at radius 3 is 1.85 bits per heavy atom. The molecule has 1 atom stereocenters. The molecule has 0 aliphatic carbocycles. The maximum Gasteiger partial charge on any atom is 0.119 e. The number of ether oxygens (including phenoxy) is 1. The van der Waals surface area contributed by atoms with Crippen LogP contribution in [0.25, 0.3) is 11.1 Å². The molecule has 2 aromatic rings. The SMILES string of the molecule is CCC(N)c1ccc(-c2ccc(OC(C)C)cc2)cc1. The molecule has 2 nitrogen and oxygen atoms in total. The molecule has 0 fully saturated rings. The Labute approximate surface area is 121 Å². The van der Waals surface area contributed by atoms with Gasteiger partial charge in [0.2, 0.25) is 0 Å². The number of rotatable bonds is 5. The minimum absolute atomic E-state index is 0.130. The van der Waals surface area contributed by atoms with Gasteiger partial charge in [0.05, 0.1) is 6.10 Å². The third-order valence-corrected chi connectivity index (χ3v) is 3.34. The highest BCUT2D eigenvalue weighted by Gasteiger charge is 2.04. The minimum Gasteiger partial charge on any atom is -0.491 e. The summed E-state index contributed by atoms with van der Waals surface area (Å²) in [7, 11) is 0. The van der Waals surface area contributed by atoms with Crippen molar-refractivity contribution in [1.29, 1.82) is 0 Å². The summed E-state index contributed by atoms with van der Waals surface area (Å²) in [4.78, 5) is 0. The van der Waals surface area contributed by atoms with Gasteiger partial charge in [0.25, 0.3) is 0 Å². The molecule has 0 aliphatic heterocycles. The fraction of sp³-hybridized carbons (Fsp3) is 0.333. The van der Waals surface area contributed by atoms with Gasteiger partial charge in [-0.2, -0.15) is 0 Å². The van der Waals surface area contributed by atoms with Crippen LogP contribution in [0, 0.1) is 0 Å². The van der Waals surface area contributed by atoms with E-state index in [1.54, 1.807) is 0 Å². The number of benzene rings is 2. The molecule has 0 amide bonds. The van der Waals surface area contributed by atoms with Gasteiger partial charge in [0, 0.05) is 6.04 Å². The van der Waals surface area contributed by atoms with E-state index >= 15 is 0 Å². The summed E-state index contributed by atoms with van der Waals surface area (Å²) in [5.41, 5.74) is 9.62. The smallest absolute Gasteiger partial charge is 0.119 e. The molecule has 0 spiro atoms. The second kappa shape index (κ2) is 6.58. The van der Waals surface area contributed by atoms with Gasteiger partial charge < -0.3 is 10.5 Å². The topological polar surface area (TPSA) is 35.2 Å². The highest BCUT2D eigenvalue weighted by Crippen LogP contribution is 2.24. The van der Waals surface area contributed by atoms with Crippen molar-refractivity contribution in [3.63, 3.8) is 0 Å². The lowest BCUT2D eigenvalue weighted by atomic mass is 10.00. The van der Waals surface area contributed by atoms with Gasteiger partial charge in [-0.25, -0.2) is 0 Å². The molecule has 2 rings (SSSR count). The molecule has 0 aromatic heterocycles. The molecule has 1 unspecified atom stereocenters. The van der Waals surface area contributed by atoms with Gasteiger partial charge in [0.1, 0.15) is 5.75 Å². The van der Waals surface area contributed by atoms with Crippen LogP contribution in [0.3, 0.4) is 0 Å². The zero-order valence-corrected chi connectivity index (χ0v) is 12.5. The lowest BCUT2D eigenvalue weighted by Gasteiger charge is -2.11. The minimum atomic E-state index is 0.130. The summed E-state index contributed by atoms with van der Waals surface area (Å²) in [5, 5.41) is 0. The predicted molar refractivity (Wildman–Crippen MR) is 84.9 cm³/mol. The fourth-order valence-corrected chi connectivity index (χ4v) is 2.16. The summed E-state index contributed by atoms with van der Waals surface area (Å²) in [6.07, 6.45) is 1.16. The third-order valence-electron chi connectivity index (χ3n) is 3.34. The van der Waals surface area contributed by atoms with Crippen LogP contribution >= 0.6 is 0 Å². The van der Waals surface area contributed by atoms with Crippen LogP contribution in [0.4, 0.5) is 0 Å². The van der Waals surface area contributed by atoms with E-state index < -0.39 is 0 Å². The van der Waals surface area contributed by atoms with Crippen molar-refractivity contribution >= 4 is 0 Å². The van der Waals surface area contributed by atoms with E-state index in [2.05, 4.69) is 43.3 Å². The summed E-state index contributed by atoms with van der Waals surface area (Å²) < 4.78 is 5.65. The molecule has 2 N–H and O–H groups in total. The zero-order chi connectivity index (χ0) is 14.5. The molecule has 106 valence electrons. The Kier molecular flexibility index (Phi) is 4.80. The zero-order valence-electron chi connectivity index (χ0n) is 12.5. The van der Waals surface area contributed by atoms with E-state index in [0.29, 0.717) is 0 Å². The normalized spacial score (nSPS) is 12.4. The van der Waals surface area contributed by atoms with Crippen LogP contribution in [0.1, 0.15) is 38.8 Å². The van der Waals surface area contributed by atoms with E-state index in [1.807, 2.05) is 26.0 Å².